The summed E-state index contributed by atoms with van der Waals surface area (Å²) in [6.07, 6.45) is 22.9. The predicted octanol–water partition coefficient (Wildman–Crippen LogP) is 7.60. The zero-order chi connectivity index (χ0) is 20.6. The monoisotopic (exact) mass is 401 g/mol. The summed E-state index contributed by atoms with van der Waals surface area (Å²) < 4.78 is 0. The maximum absolute atomic E-state index is 10.7. The number of hydrogen-bond donors (Lipinski definition) is 2. The van der Waals surface area contributed by atoms with Gasteiger partial charge in [0.05, 0.1) is 6.42 Å². The van der Waals surface area contributed by atoms with E-state index in [9.17, 15) is 4.79 Å². The van der Waals surface area contributed by atoms with Crippen molar-refractivity contribution in [1.29, 1.82) is 0 Å². The van der Waals surface area contributed by atoms with E-state index in [1.165, 1.54) is 103 Å². The third-order valence-corrected chi connectivity index (χ3v) is 6.40. The van der Waals surface area contributed by atoms with Gasteiger partial charge in [0.25, 0.3) is 0 Å². The Hall–Kier alpha value is -1.51. The number of carboxylic acids is 1. The molecule has 0 heterocycles. The Bertz CT molecular complexity index is 534. The van der Waals surface area contributed by atoms with E-state index in [4.69, 9.17) is 5.11 Å². The van der Waals surface area contributed by atoms with Gasteiger partial charge < -0.3 is 10.4 Å². The molecule has 0 bridgehead atoms. The summed E-state index contributed by atoms with van der Waals surface area (Å²) in [4.78, 5) is 10.7. The fourth-order valence-electron chi connectivity index (χ4n) is 4.60. The lowest BCUT2D eigenvalue weighted by molar-refractivity contribution is -0.136. The number of rotatable bonds is 17. The van der Waals surface area contributed by atoms with Crippen LogP contribution in [0.25, 0.3) is 0 Å². The van der Waals surface area contributed by atoms with Crippen LogP contribution in [0.4, 0.5) is 5.69 Å². The summed E-state index contributed by atoms with van der Waals surface area (Å²) in [5.74, 6) is 0.301. The van der Waals surface area contributed by atoms with Crippen LogP contribution in [-0.4, -0.2) is 17.6 Å². The van der Waals surface area contributed by atoms with Crippen LogP contribution < -0.4 is 5.32 Å². The zero-order valence-electron chi connectivity index (χ0n) is 18.5. The van der Waals surface area contributed by atoms with Gasteiger partial charge in [-0.15, -0.1) is 0 Å². The molecule has 0 amide bonds. The third kappa shape index (κ3) is 11.9. The molecule has 3 nitrogen and oxygen atoms in total. The van der Waals surface area contributed by atoms with E-state index in [0.717, 1.165) is 23.7 Å². The van der Waals surface area contributed by atoms with Gasteiger partial charge in [0, 0.05) is 12.2 Å². The average Bonchev–Trinajstić information content (AvgIpc) is 3.22. The van der Waals surface area contributed by atoms with Crippen molar-refractivity contribution in [2.24, 2.45) is 5.92 Å². The number of carboxylic acid groups (broad SMARTS) is 1. The lowest BCUT2D eigenvalue weighted by Gasteiger charge is -2.08. The molecule has 1 fully saturated rings. The van der Waals surface area contributed by atoms with Crippen molar-refractivity contribution < 1.29 is 9.90 Å². The van der Waals surface area contributed by atoms with Crippen molar-refractivity contribution in [2.45, 2.75) is 109 Å². The molecule has 1 aliphatic carbocycles. The Balaban J connectivity index is 1.30. The van der Waals surface area contributed by atoms with Gasteiger partial charge in [-0.05, 0) is 30.0 Å². The van der Waals surface area contributed by atoms with Crippen LogP contribution in [0, 0.1) is 5.92 Å². The van der Waals surface area contributed by atoms with Gasteiger partial charge >= 0.3 is 5.97 Å². The molecule has 1 aliphatic rings. The van der Waals surface area contributed by atoms with Crippen LogP contribution >= 0.6 is 0 Å². The Morgan fingerprint density at radius 2 is 1.31 bits per heavy atom. The maximum Gasteiger partial charge on any atom is 0.307 e. The summed E-state index contributed by atoms with van der Waals surface area (Å²) in [6, 6.07) is 7.75. The van der Waals surface area contributed by atoms with E-state index in [1.54, 1.807) is 0 Å². The van der Waals surface area contributed by atoms with E-state index < -0.39 is 5.97 Å². The van der Waals surface area contributed by atoms with Gasteiger partial charge in [-0.2, -0.15) is 0 Å². The van der Waals surface area contributed by atoms with Crippen molar-refractivity contribution in [3.63, 3.8) is 0 Å². The number of aliphatic carboxylic acids is 1. The number of anilines is 1. The SMILES string of the molecule is O=C(O)Cc1ccc(NCCCCCCCCCCCCCC2CCCC2)cc1. The summed E-state index contributed by atoms with van der Waals surface area (Å²) in [7, 11) is 0. The molecule has 29 heavy (non-hydrogen) atoms. The van der Waals surface area contributed by atoms with E-state index in [0.29, 0.717) is 0 Å². The van der Waals surface area contributed by atoms with Crippen molar-refractivity contribution in [1.82, 2.24) is 0 Å². The second-order valence-electron chi connectivity index (χ2n) is 9.02. The molecule has 2 N–H and O–H groups in total. The van der Waals surface area contributed by atoms with Crippen molar-refractivity contribution in [3.05, 3.63) is 29.8 Å². The van der Waals surface area contributed by atoms with Crippen LogP contribution in [0.2, 0.25) is 0 Å². The minimum atomic E-state index is -0.778. The minimum Gasteiger partial charge on any atom is -0.481 e. The molecule has 0 aromatic heterocycles. The maximum atomic E-state index is 10.7. The molecule has 0 unspecified atom stereocenters. The number of unbranched alkanes of at least 4 members (excludes halogenated alkanes) is 10. The first-order valence-electron chi connectivity index (χ1n) is 12.3. The fourth-order valence-corrected chi connectivity index (χ4v) is 4.60. The summed E-state index contributed by atoms with van der Waals surface area (Å²) in [5, 5.41) is 12.2. The van der Waals surface area contributed by atoms with Gasteiger partial charge in [0.2, 0.25) is 0 Å². The summed E-state index contributed by atoms with van der Waals surface area (Å²) >= 11 is 0. The molecule has 0 spiro atoms. The molecule has 1 aromatic rings. The Morgan fingerprint density at radius 1 is 0.793 bits per heavy atom. The Morgan fingerprint density at radius 3 is 1.86 bits per heavy atom. The lowest BCUT2D eigenvalue weighted by atomic mass is 9.99. The summed E-state index contributed by atoms with van der Waals surface area (Å²) in [6.45, 7) is 0.999. The highest BCUT2D eigenvalue weighted by atomic mass is 16.4. The van der Waals surface area contributed by atoms with Crippen molar-refractivity contribution in [3.8, 4) is 0 Å². The average molecular weight is 402 g/mol. The topological polar surface area (TPSA) is 49.3 Å². The fraction of sp³-hybridized carbons (Fsp3) is 0.731. The van der Waals surface area contributed by atoms with E-state index in [2.05, 4.69) is 5.32 Å². The lowest BCUT2D eigenvalue weighted by Crippen LogP contribution is -2.03. The Labute approximate surface area is 178 Å². The van der Waals surface area contributed by atoms with E-state index >= 15 is 0 Å². The molecule has 0 radical (unpaired) electrons. The second-order valence-corrected chi connectivity index (χ2v) is 9.02. The number of nitrogens with one attached hydrogen (secondary N) is 1. The van der Waals surface area contributed by atoms with Crippen LogP contribution in [0.5, 0.6) is 0 Å². The van der Waals surface area contributed by atoms with E-state index in [1.807, 2.05) is 24.3 Å². The Kier molecular flexibility index (Phi) is 12.6. The minimum absolute atomic E-state index is 0.0979. The molecule has 2 rings (SSSR count). The molecule has 0 aliphatic heterocycles. The number of hydrogen-bond acceptors (Lipinski definition) is 2. The zero-order valence-corrected chi connectivity index (χ0v) is 18.5. The van der Waals surface area contributed by atoms with Gasteiger partial charge in [-0.25, -0.2) is 0 Å². The van der Waals surface area contributed by atoms with Crippen molar-refractivity contribution >= 4 is 11.7 Å². The van der Waals surface area contributed by atoms with Crippen LogP contribution in [0.15, 0.2) is 24.3 Å². The molecule has 0 saturated heterocycles. The highest BCUT2D eigenvalue weighted by Crippen LogP contribution is 2.29. The molecule has 164 valence electrons. The molecular weight excluding hydrogens is 358 g/mol. The van der Waals surface area contributed by atoms with Gasteiger partial charge in [0.15, 0.2) is 0 Å². The molecule has 1 aromatic carbocycles. The van der Waals surface area contributed by atoms with Gasteiger partial charge in [-0.3, -0.25) is 4.79 Å². The predicted molar refractivity (Wildman–Crippen MR) is 124 cm³/mol. The van der Waals surface area contributed by atoms with Crippen molar-refractivity contribution in [2.75, 3.05) is 11.9 Å². The molecule has 1 saturated carbocycles. The first kappa shape index (κ1) is 23.8. The number of benzene rings is 1. The quantitative estimate of drug-likeness (QED) is 0.264. The third-order valence-electron chi connectivity index (χ3n) is 6.40. The van der Waals surface area contributed by atoms with Crippen LogP contribution in [-0.2, 0) is 11.2 Å². The van der Waals surface area contributed by atoms with Gasteiger partial charge in [0.1, 0.15) is 0 Å². The largest absolute Gasteiger partial charge is 0.481 e. The van der Waals surface area contributed by atoms with Gasteiger partial charge in [-0.1, -0.05) is 108 Å². The standard InChI is InChI=1S/C26H43NO2/c28-26(29)22-24-17-19-25(20-18-24)27-21-13-9-7-5-3-1-2-4-6-8-10-14-23-15-11-12-16-23/h17-20,23,27H,1-16,21-22H2,(H,28,29). The van der Waals surface area contributed by atoms with Crippen LogP contribution in [0.1, 0.15) is 108 Å². The smallest absolute Gasteiger partial charge is 0.307 e. The van der Waals surface area contributed by atoms with Crippen LogP contribution in [0.3, 0.4) is 0 Å². The first-order valence-corrected chi connectivity index (χ1v) is 12.3. The first-order chi connectivity index (χ1) is 14.2. The summed E-state index contributed by atoms with van der Waals surface area (Å²) in [5.41, 5.74) is 1.94. The highest BCUT2D eigenvalue weighted by Gasteiger charge is 2.13. The normalized spacial score (nSPS) is 14.3. The number of carbonyl (C=O) groups is 1. The molecular formula is C26H43NO2. The highest BCUT2D eigenvalue weighted by molar-refractivity contribution is 5.70. The second kappa shape index (κ2) is 15.3. The molecule has 0 atom stereocenters. The van der Waals surface area contributed by atoms with E-state index in [-0.39, 0.29) is 6.42 Å². The molecule has 3 heteroatoms.